The van der Waals surface area contributed by atoms with E-state index in [0.717, 1.165) is 21.4 Å². The van der Waals surface area contributed by atoms with E-state index in [9.17, 15) is 19.2 Å². The average Bonchev–Trinajstić information content (AvgIpc) is 3.68. The number of carbonyl (C=O) groups is 4. The lowest BCUT2D eigenvalue weighted by Crippen LogP contribution is -2.53. The number of aromatic nitrogens is 1. The van der Waals surface area contributed by atoms with Crippen LogP contribution in [0.3, 0.4) is 0 Å². The van der Waals surface area contributed by atoms with Crippen LogP contribution >= 0.6 is 11.6 Å². The maximum atomic E-state index is 14.2. The van der Waals surface area contributed by atoms with Gasteiger partial charge in [0.15, 0.2) is 0 Å². The van der Waals surface area contributed by atoms with Gasteiger partial charge in [-0.2, -0.15) is 0 Å². The van der Waals surface area contributed by atoms with Crippen molar-refractivity contribution in [2.45, 2.75) is 24.9 Å². The second-order valence-corrected chi connectivity index (χ2v) is 11.0. The van der Waals surface area contributed by atoms with Crippen LogP contribution in [0.2, 0.25) is 5.02 Å². The molecule has 1 aromatic heterocycles. The Morgan fingerprint density at radius 3 is 2.59 bits per heavy atom. The highest BCUT2D eigenvalue weighted by atomic mass is 35.5. The number of hydrogen-bond acceptors (Lipinski definition) is 6. The van der Waals surface area contributed by atoms with E-state index in [4.69, 9.17) is 16.3 Å². The molecule has 7 rings (SSSR count). The summed E-state index contributed by atoms with van der Waals surface area (Å²) in [5, 5.41) is 7.79. The van der Waals surface area contributed by atoms with Crippen LogP contribution in [-0.2, 0) is 31.1 Å². The normalized spacial score (nSPS) is 24.7. The van der Waals surface area contributed by atoms with E-state index in [1.807, 2.05) is 30.5 Å². The summed E-state index contributed by atoms with van der Waals surface area (Å²) in [6.45, 7) is 1.95. The van der Waals surface area contributed by atoms with Gasteiger partial charge in [-0.15, -0.1) is 0 Å². The van der Waals surface area contributed by atoms with Crippen LogP contribution in [-0.4, -0.2) is 41.3 Å². The maximum Gasteiger partial charge on any atom is 0.338 e. The molecule has 2 saturated heterocycles. The van der Waals surface area contributed by atoms with Gasteiger partial charge in [0.25, 0.3) is 0 Å². The number of amides is 3. The Kier molecular flexibility index (Phi) is 5.78. The molecule has 3 N–H and O–H groups in total. The third kappa shape index (κ3) is 3.66. The lowest BCUT2D eigenvalue weighted by Gasteiger charge is -2.29. The average molecular weight is 569 g/mol. The molecule has 3 amide bonds. The first-order valence-electron chi connectivity index (χ1n) is 13.4. The van der Waals surface area contributed by atoms with Crippen molar-refractivity contribution in [3.05, 3.63) is 94.6 Å². The van der Waals surface area contributed by atoms with Crippen molar-refractivity contribution >= 4 is 57.6 Å². The van der Waals surface area contributed by atoms with Crippen LogP contribution in [0, 0.1) is 11.8 Å². The smallest absolute Gasteiger partial charge is 0.338 e. The maximum absolute atomic E-state index is 14.2. The summed E-state index contributed by atoms with van der Waals surface area (Å²) in [6, 6.07) is 18.5. The van der Waals surface area contributed by atoms with E-state index in [1.54, 1.807) is 37.3 Å². The van der Waals surface area contributed by atoms with Gasteiger partial charge in [0.2, 0.25) is 17.7 Å². The van der Waals surface area contributed by atoms with Crippen LogP contribution in [0.4, 0.5) is 11.4 Å². The SMILES string of the molecule is CCOC(=O)c1ccc(N2C(=O)C3C(Cc4c[nH]c5ccccc45)NC4(C(=O)Nc5ccc(Cl)cc54)C3C2=O)cc1. The van der Waals surface area contributed by atoms with Gasteiger partial charge in [-0.3, -0.25) is 19.7 Å². The molecule has 4 heterocycles. The Balaban J connectivity index is 1.33. The number of ether oxygens (including phenoxy) is 1. The van der Waals surface area contributed by atoms with Crippen molar-refractivity contribution in [1.82, 2.24) is 10.3 Å². The molecular weight excluding hydrogens is 544 g/mol. The van der Waals surface area contributed by atoms with Gasteiger partial charge in [-0.25, -0.2) is 9.69 Å². The topological polar surface area (TPSA) is 121 Å². The second-order valence-electron chi connectivity index (χ2n) is 10.5. The fourth-order valence-electron chi connectivity index (χ4n) is 6.70. The fourth-order valence-corrected chi connectivity index (χ4v) is 6.87. The van der Waals surface area contributed by atoms with Crippen LogP contribution in [0.15, 0.2) is 72.9 Å². The summed E-state index contributed by atoms with van der Waals surface area (Å²) in [4.78, 5) is 58.8. The van der Waals surface area contributed by atoms with Gasteiger partial charge in [-0.1, -0.05) is 29.8 Å². The van der Waals surface area contributed by atoms with Crippen molar-refractivity contribution in [2.75, 3.05) is 16.8 Å². The fraction of sp³-hybridized carbons (Fsp3) is 0.226. The molecule has 0 bridgehead atoms. The van der Waals surface area contributed by atoms with Crippen LogP contribution in [0.25, 0.3) is 10.9 Å². The second kappa shape index (κ2) is 9.29. The monoisotopic (exact) mass is 568 g/mol. The summed E-state index contributed by atoms with van der Waals surface area (Å²) in [5.41, 5.74) is 2.18. The number of carbonyl (C=O) groups excluding carboxylic acids is 4. The minimum Gasteiger partial charge on any atom is -0.462 e. The van der Waals surface area contributed by atoms with Crippen molar-refractivity contribution in [2.24, 2.45) is 11.8 Å². The van der Waals surface area contributed by atoms with Crippen molar-refractivity contribution < 1.29 is 23.9 Å². The minimum atomic E-state index is -1.48. The summed E-state index contributed by atoms with van der Waals surface area (Å²) in [5.74, 6) is -3.60. The van der Waals surface area contributed by atoms with Crippen LogP contribution in [0.1, 0.15) is 28.4 Å². The molecule has 4 atom stereocenters. The summed E-state index contributed by atoms with van der Waals surface area (Å²) in [6.07, 6.45) is 2.31. The molecule has 2 fully saturated rings. The van der Waals surface area contributed by atoms with E-state index in [1.165, 1.54) is 12.1 Å². The van der Waals surface area contributed by atoms with Crippen molar-refractivity contribution in [3.63, 3.8) is 0 Å². The molecule has 3 aliphatic rings. The molecule has 41 heavy (non-hydrogen) atoms. The zero-order valence-electron chi connectivity index (χ0n) is 21.9. The third-order valence-electron chi connectivity index (χ3n) is 8.43. The minimum absolute atomic E-state index is 0.230. The summed E-state index contributed by atoms with van der Waals surface area (Å²) < 4.78 is 5.06. The van der Waals surface area contributed by atoms with E-state index < -0.39 is 47.1 Å². The molecule has 1 spiro atoms. The largest absolute Gasteiger partial charge is 0.462 e. The van der Waals surface area contributed by atoms with E-state index in [-0.39, 0.29) is 6.61 Å². The first-order valence-corrected chi connectivity index (χ1v) is 13.8. The highest BCUT2D eigenvalue weighted by molar-refractivity contribution is 6.31. The van der Waals surface area contributed by atoms with Gasteiger partial charge in [0.05, 0.1) is 29.7 Å². The molecule has 0 radical (unpaired) electrons. The Labute approximate surface area is 239 Å². The standard InChI is InChI=1S/C31H25ClN4O5/c1-2-41-29(39)16-7-10-19(11-8-16)36-27(37)25-24(13-17-15-33-22-6-4-3-5-20(17)22)35-31(26(25)28(36)38)21-14-18(32)9-12-23(21)34-30(31)40/h3-12,14-15,24-26,33,35H,2,13H2,1H3,(H,34,40). The van der Waals surface area contributed by atoms with Gasteiger partial charge in [-0.05, 0) is 67.4 Å². The molecule has 3 aromatic carbocycles. The number of H-pyrrole nitrogens is 1. The van der Waals surface area contributed by atoms with Crippen molar-refractivity contribution in [3.8, 4) is 0 Å². The van der Waals surface area contributed by atoms with E-state index in [0.29, 0.717) is 33.9 Å². The number of anilines is 2. The molecule has 0 aliphatic carbocycles. The van der Waals surface area contributed by atoms with Gasteiger partial charge in [0, 0.05) is 39.4 Å². The van der Waals surface area contributed by atoms with Gasteiger partial charge < -0.3 is 15.0 Å². The lowest BCUT2D eigenvalue weighted by atomic mass is 9.76. The molecule has 0 saturated carbocycles. The van der Waals surface area contributed by atoms with Crippen LogP contribution in [0.5, 0.6) is 0 Å². The number of imide groups is 1. The number of fused-ring (bicyclic) bond motifs is 5. The molecular formula is C31H25ClN4O5. The number of rotatable bonds is 5. The number of halogens is 1. The van der Waals surface area contributed by atoms with E-state index in [2.05, 4.69) is 15.6 Å². The third-order valence-corrected chi connectivity index (χ3v) is 8.66. The Morgan fingerprint density at radius 2 is 1.80 bits per heavy atom. The summed E-state index contributed by atoms with van der Waals surface area (Å²) >= 11 is 6.37. The number of benzene rings is 3. The van der Waals surface area contributed by atoms with Gasteiger partial charge in [0.1, 0.15) is 5.54 Å². The first kappa shape index (κ1) is 25.5. The lowest BCUT2D eigenvalue weighted by molar-refractivity contribution is -0.130. The Hall–Kier alpha value is -4.47. The molecule has 3 aliphatic heterocycles. The van der Waals surface area contributed by atoms with Crippen molar-refractivity contribution in [1.29, 1.82) is 0 Å². The number of hydrogen-bond donors (Lipinski definition) is 3. The zero-order chi connectivity index (χ0) is 28.5. The number of aromatic amines is 1. The number of esters is 1. The molecule has 9 nitrogen and oxygen atoms in total. The van der Waals surface area contributed by atoms with Crippen LogP contribution < -0.4 is 15.5 Å². The predicted molar refractivity (Wildman–Crippen MR) is 153 cm³/mol. The highest BCUT2D eigenvalue weighted by Crippen LogP contribution is 2.54. The number of nitrogens with one attached hydrogen (secondary N) is 3. The Morgan fingerprint density at radius 1 is 1.02 bits per heavy atom. The Bertz CT molecular complexity index is 1770. The zero-order valence-corrected chi connectivity index (χ0v) is 22.7. The van der Waals surface area contributed by atoms with Gasteiger partial charge >= 0.3 is 5.97 Å². The molecule has 4 aromatic rings. The number of nitrogens with zero attached hydrogens (tertiary/aromatic N) is 1. The highest BCUT2D eigenvalue weighted by Gasteiger charge is 2.70. The molecule has 4 unspecified atom stereocenters. The number of para-hydroxylation sites is 1. The molecule has 206 valence electrons. The summed E-state index contributed by atoms with van der Waals surface area (Å²) in [7, 11) is 0. The van der Waals surface area contributed by atoms with E-state index >= 15 is 0 Å². The quantitative estimate of drug-likeness (QED) is 0.245. The first-order chi connectivity index (χ1) is 19.8. The molecule has 10 heteroatoms. The predicted octanol–water partition coefficient (Wildman–Crippen LogP) is 4.17.